The van der Waals surface area contributed by atoms with Crippen LogP contribution in [0.15, 0.2) is 181 Å². The number of nitrogens with one attached hydrogen (secondary N) is 2. The van der Waals surface area contributed by atoms with Crippen LogP contribution in [0.2, 0.25) is 0 Å². The van der Waals surface area contributed by atoms with Crippen molar-refractivity contribution in [3.05, 3.63) is 193 Å². The number of nitrogens with zero attached hydrogens (tertiary/aromatic N) is 1. The molecule has 1 aliphatic heterocycles. The molecule has 8 aromatic carbocycles. The topological polar surface area (TPSA) is 36.4 Å². The van der Waals surface area contributed by atoms with Crippen LogP contribution in [0.5, 0.6) is 0 Å². The molecule has 48 heavy (non-hydrogen) atoms. The van der Waals surface area contributed by atoms with Gasteiger partial charge in [0, 0.05) is 5.56 Å². The molecule has 1 heterocycles. The van der Waals surface area contributed by atoms with Crippen LogP contribution >= 0.6 is 0 Å². The molecule has 3 nitrogen and oxygen atoms in total. The van der Waals surface area contributed by atoms with Crippen molar-refractivity contribution in [2.45, 2.75) is 12.3 Å². The molecule has 0 spiro atoms. The number of hydrogen-bond acceptors (Lipinski definition) is 3. The SMILES string of the molecule is c1ccc(C2=NC(c3ccccc3-c3ccc(-c4ccc5c6ccccc6c6ccccc6c5c4)cc3)NC(c3ccccc3)N2)cc1. The maximum absolute atomic E-state index is 5.22. The van der Waals surface area contributed by atoms with Crippen LogP contribution in [0.4, 0.5) is 0 Å². The van der Waals surface area contributed by atoms with Gasteiger partial charge < -0.3 is 5.32 Å². The van der Waals surface area contributed by atoms with Gasteiger partial charge in [-0.25, -0.2) is 4.99 Å². The summed E-state index contributed by atoms with van der Waals surface area (Å²) in [6.45, 7) is 0. The molecule has 0 bridgehead atoms. The maximum atomic E-state index is 5.22. The molecule has 0 saturated heterocycles. The highest BCUT2D eigenvalue weighted by Crippen LogP contribution is 2.38. The lowest BCUT2D eigenvalue weighted by atomic mass is 9.91. The van der Waals surface area contributed by atoms with Crippen molar-refractivity contribution < 1.29 is 0 Å². The Hall–Kier alpha value is -6.03. The first-order valence-corrected chi connectivity index (χ1v) is 16.5. The van der Waals surface area contributed by atoms with Gasteiger partial charge in [0.1, 0.15) is 18.2 Å². The second-order valence-corrected chi connectivity index (χ2v) is 12.4. The first-order chi connectivity index (χ1) is 23.8. The second kappa shape index (κ2) is 12.0. The van der Waals surface area contributed by atoms with Gasteiger partial charge in [0.05, 0.1) is 0 Å². The van der Waals surface area contributed by atoms with Gasteiger partial charge in [-0.1, -0.05) is 170 Å². The molecular weight excluding hydrogens is 583 g/mol. The molecule has 228 valence electrons. The molecule has 8 aromatic rings. The van der Waals surface area contributed by atoms with E-state index in [0.29, 0.717) is 0 Å². The minimum atomic E-state index is -0.230. The summed E-state index contributed by atoms with van der Waals surface area (Å²) in [6.07, 6.45) is -0.313. The van der Waals surface area contributed by atoms with E-state index in [-0.39, 0.29) is 12.3 Å². The van der Waals surface area contributed by atoms with E-state index in [0.717, 1.165) is 17.0 Å². The van der Waals surface area contributed by atoms with E-state index >= 15 is 0 Å². The van der Waals surface area contributed by atoms with Gasteiger partial charge in [-0.3, -0.25) is 5.32 Å². The van der Waals surface area contributed by atoms with Crippen LogP contribution in [0.1, 0.15) is 29.0 Å². The van der Waals surface area contributed by atoms with E-state index in [2.05, 4.69) is 180 Å². The summed E-state index contributed by atoms with van der Waals surface area (Å²) >= 11 is 0. The Bertz CT molecular complexity index is 2410. The van der Waals surface area contributed by atoms with Gasteiger partial charge in [-0.05, 0) is 71.8 Å². The van der Waals surface area contributed by atoms with Crippen LogP contribution < -0.4 is 10.6 Å². The summed E-state index contributed by atoms with van der Waals surface area (Å²) in [5, 5.41) is 15.2. The minimum absolute atomic E-state index is 0.0829. The molecule has 2 atom stereocenters. The Labute approximate surface area is 280 Å². The first kappa shape index (κ1) is 28.2. The normalized spacial score (nSPS) is 16.1. The summed E-state index contributed by atoms with van der Waals surface area (Å²) in [6, 6.07) is 62.9. The van der Waals surface area contributed by atoms with Crippen molar-refractivity contribution in [1.29, 1.82) is 0 Å². The van der Waals surface area contributed by atoms with Crippen molar-refractivity contribution in [3.63, 3.8) is 0 Å². The molecule has 0 amide bonds. The Kier molecular flexibility index (Phi) is 7.03. The molecule has 0 aliphatic carbocycles. The predicted octanol–water partition coefficient (Wildman–Crippen LogP) is 10.8. The summed E-state index contributed by atoms with van der Waals surface area (Å²) < 4.78 is 0. The summed E-state index contributed by atoms with van der Waals surface area (Å²) in [4.78, 5) is 5.22. The average molecular weight is 616 g/mol. The zero-order valence-corrected chi connectivity index (χ0v) is 26.3. The number of fused-ring (bicyclic) bond motifs is 6. The lowest BCUT2D eigenvalue weighted by Gasteiger charge is -2.33. The number of amidine groups is 1. The number of rotatable bonds is 5. The molecular formula is C45H33N3. The van der Waals surface area contributed by atoms with E-state index in [1.165, 1.54) is 60.1 Å². The zero-order valence-electron chi connectivity index (χ0n) is 26.3. The van der Waals surface area contributed by atoms with Gasteiger partial charge in [-0.15, -0.1) is 0 Å². The molecule has 0 saturated carbocycles. The molecule has 2 unspecified atom stereocenters. The highest BCUT2D eigenvalue weighted by Gasteiger charge is 2.27. The summed E-state index contributed by atoms with van der Waals surface area (Å²) in [5.74, 6) is 0.884. The molecule has 0 fully saturated rings. The van der Waals surface area contributed by atoms with Crippen LogP contribution in [0.3, 0.4) is 0 Å². The van der Waals surface area contributed by atoms with Crippen LogP contribution in [-0.4, -0.2) is 5.84 Å². The summed E-state index contributed by atoms with van der Waals surface area (Å²) in [7, 11) is 0. The smallest absolute Gasteiger partial charge is 0.131 e. The third kappa shape index (κ3) is 5.02. The Morgan fingerprint density at radius 2 is 0.917 bits per heavy atom. The fourth-order valence-electron chi connectivity index (χ4n) is 7.21. The predicted molar refractivity (Wildman–Crippen MR) is 201 cm³/mol. The highest BCUT2D eigenvalue weighted by molar-refractivity contribution is 6.25. The van der Waals surface area contributed by atoms with Gasteiger partial charge in [0.15, 0.2) is 0 Å². The monoisotopic (exact) mass is 615 g/mol. The van der Waals surface area contributed by atoms with E-state index in [1.807, 2.05) is 6.07 Å². The zero-order chi connectivity index (χ0) is 31.9. The van der Waals surface area contributed by atoms with Crippen molar-refractivity contribution in [2.24, 2.45) is 4.99 Å². The third-order valence-corrected chi connectivity index (χ3v) is 9.57. The van der Waals surface area contributed by atoms with Gasteiger partial charge in [0.25, 0.3) is 0 Å². The fraction of sp³-hybridized carbons (Fsp3) is 0.0444. The minimum Gasteiger partial charge on any atom is -0.350 e. The lowest BCUT2D eigenvalue weighted by molar-refractivity contribution is 0.409. The fourth-order valence-corrected chi connectivity index (χ4v) is 7.21. The quantitative estimate of drug-likeness (QED) is 0.189. The average Bonchev–Trinajstić information content (AvgIpc) is 3.18. The number of benzene rings is 8. The van der Waals surface area contributed by atoms with Crippen molar-refractivity contribution in [1.82, 2.24) is 10.6 Å². The van der Waals surface area contributed by atoms with Crippen molar-refractivity contribution in [2.75, 3.05) is 0 Å². The van der Waals surface area contributed by atoms with Crippen LogP contribution in [-0.2, 0) is 0 Å². The van der Waals surface area contributed by atoms with Crippen molar-refractivity contribution in [3.8, 4) is 22.3 Å². The van der Waals surface area contributed by atoms with Crippen LogP contribution in [0, 0.1) is 0 Å². The third-order valence-electron chi connectivity index (χ3n) is 9.57. The molecule has 0 aromatic heterocycles. The first-order valence-electron chi connectivity index (χ1n) is 16.5. The Balaban J connectivity index is 1.10. The van der Waals surface area contributed by atoms with E-state index in [1.54, 1.807) is 0 Å². The largest absolute Gasteiger partial charge is 0.350 e. The van der Waals surface area contributed by atoms with E-state index in [9.17, 15) is 0 Å². The van der Waals surface area contributed by atoms with Gasteiger partial charge in [0.2, 0.25) is 0 Å². The Morgan fingerprint density at radius 1 is 0.396 bits per heavy atom. The summed E-state index contributed by atoms with van der Waals surface area (Å²) in [5.41, 5.74) is 8.13. The van der Waals surface area contributed by atoms with Gasteiger partial charge >= 0.3 is 0 Å². The molecule has 1 aliphatic rings. The van der Waals surface area contributed by atoms with Gasteiger partial charge in [-0.2, -0.15) is 0 Å². The van der Waals surface area contributed by atoms with E-state index < -0.39 is 0 Å². The number of aliphatic imine (C=N–C) groups is 1. The lowest BCUT2D eigenvalue weighted by Crippen LogP contribution is -2.45. The van der Waals surface area contributed by atoms with Crippen LogP contribution in [0.25, 0.3) is 54.6 Å². The molecule has 9 rings (SSSR count). The molecule has 3 heteroatoms. The molecule has 0 radical (unpaired) electrons. The Morgan fingerprint density at radius 3 is 1.60 bits per heavy atom. The second-order valence-electron chi connectivity index (χ2n) is 12.4. The number of hydrogen-bond donors (Lipinski definition) is 2. The highest BCUT2D eigenvalue weighted by atomic mass is 15.3. The molecule has 2 N–H and O–H groups in total. The standard InChI is InChI=1S/C45H33N3/c1-3-13-32(14-4-1)43-46-44(33-15-5-2-6-16-33)48-45(47-43)41-22-12-7-17-35(41)31-25-23-30(24-26-31)34-27-28-40-38-20-9-8-18-36(38)37-19-10-11-21-39(37)42(40)29-34/h1-29,43,45,47H,(H,46,48). The maximum Gasteiger partial charge on any atom is 0.131 e. The van der Waals surface area contributed by atoms with E-state index in [4.69, 9.17) is 4.99 Å². The van der Waals surface area contributed by atoms with Crippen molar-refractivity contribution >= 4 is 38.2 Å².